The number of carbonyl (C=O) groups excluding carboxylic acids is 2. The third kappa shape index (κ3) is 5.54. The minimum absolute atomic E-state index is 0. The zero-order valence-electron chi connectivity index (χ0n) is 12.5. The summed E-state index contributed by atoms with van der Waals surface area (Å²) in [6, 6.07) is 8.08. The van der Waals surface area contributed by atoms with Crippen molar-refractivity contribution in [1.82, 2.24) is 10.6 Å². The predicted molar refractivity (Wildman–Crippen MR) is 89.0 cm³/mol. The Morgan fingerprint density at radius 1 is 1.23 bits per heavy atom. The van der Waals surface area contributed by atoms with Gasteiger partial charge in [-0.05, 0) is 37.8 Å². The van der Waals surface area contributed by atoms with Gasteiger partial charge in [0, 0.05) is 18.3 Å². The second kappa shape index (κ2) is 8.60. The van der Waals surface area contributed by atoms with Crippen LogP contribution in [0.1, 0.15) is 19.8 Å². The van der Waals surface area contributed by atoms with E-state index in [1.165, 1.54) is 0 Å². The highest BCUT2D eigenvalue weighted by Crippen LogP contribution is 2.32. The summed E-state index contributed by atoms with van der Waals surface area (Å²) in [5, 5.41) is 8.18. The van der Waals surface area contributed by atoms with E-state index < -0.39 is 12.1 Å². The molecule has 1 aliphatic rings. The van der Waals surface area contributed by atoms with Crippen molar-refractivity contribution in [1.29, 1.82) is 0 Å². The van der Waals surface area contributed by atoms with Crippen molar-refractivity contribution in [2.24, 2.45) is 11.7 Å². The largest absolute Gasteiger partial charge is 0.350 e. The lowest BCUT2D eigenvalue weighted by atomic mass is 10.1. The van der Waals surface area contributed by atoms with Crippen LogP contribution >= 0.6 is 12.4 Å². The molecule has 0 saturated heterocycles. The van der Waals surface area contributed by atoms with E-state index in [-0.39, 0.29) is 24.4 Å². The van der Waals surface area contributed by atoms with Crippen LogP contribution in [0.4, 0.5) is 10.5 Å². The molecule has 0 bridgehead atoms. The van der Waals surface area contributed by atoms with Crippen LogP contribution in [0.15, 0.2) is 30.3 Å². The number of hydrogen-bond acceptors (Lipinski definition) is 3. The first-order chi connectivity index (χ1) is 10.1. The van der Waals surface area contributed by atoms with Crippen LogP contribution in [0.5, 0.6) is 0 Å². The van der Waals surface area contributed by atoms with Gasteiger partial charge in [0.2, 0.25) is 5.91 Å². The van der Waals surface area contributed by atoms with E-state index in [1.807, 2.05) is 18.2 Å². The maximum absolute atomic E-state index is 12.0. The molecule has 0 aromatic heterocycles. The van der Waals surface area contributed by atoms with E-state index in [2.05, 4.69) is 16.0 Å². The molecule has 1 aromatic carbocycles. The lowest BCUT2D eigenvalue weighted by Crippen LogP contribution is -2.51. The van der Waals surface area contributed by atoms with Gasteiger partial charge in [-0.2, -0.15) is 0 Å². The normalized spacial score (nSPS) is 15.9. The van der Waals surface area contributed by atoms with Crippen molar-refractivity contribution >= 4 is 30.0 Å². The fourth-order valence-electron chi connectivity index (χ4n) is 2.13. The summed E-state index contributed by atoms with van der Waals surface area (Å²) >= 11 is 0. The lowest BCUT2D eigenvalue weighted by Gasteiger charge is -2.20. The molecule has 2 rings (SSSR count). The first-order valence-electron chi connectivity index (χ1n) is 7.23. The zero-order chi connectivity index (χ0) is 15.2. The van der Waals surface area contributed by atoms with Gasteiger partial charge in [0.05, 0.1) is 0 Å². The number of anilines is 1. The summed E-state index contributed by atoms with van der Waals surface area (Å²) in [5.41, 5.74) is 6.33. The van der Waals surface area contributed by atoms with Crippen molar-refractivity contribution in [2.75, 3.05) is 11.9 Å². The number of nitrogens with two attached hydrogens (primary N) is 1. The number of hydrogen-bond donors (Lipinski definition) is 4. The van der Waals surface area contributed by atoms with E-state index in [0.29, 0.717) is 18.2 Å². The maximum atomic E-state index is 12.0. The molecule has 1 aliphatic carbocycles. The number of para-hydroxylation sites is 1. The van der Waals surface area contributed by atoms with Crippen LogP contribution in [0.3, 0.4) is 0 Å². The molecular weight excluding hydrogens is 304 g/mol. The Morgan fingerprint density at radius 3 is 2.41 bits per heavy atom. The van der Waals surface area contributed by atoms with Crippen LogP contribution < -0.4 is 21.7 Å². The van der Waals surface area contributed by atoms with E-state index in [0.717, 1.165) is 12.8 Å². The summed E-state index contributed by atoms with van der Waals surface area (Å²) in [6.07, 6.45) is 2.22. The SMILES string of the molecule is CC(NC(=O)Nc1ccccc1)C(=O)NC(CN)C1CC1.Cl. The maximum Gasteiger partial charge on any atom is 0.319 e. The van der Waals surface area contributed by atoms with Gasteiger partial charge in [-0.1, -0.05) is 18.2 Å². The Bertz CT molecular complexity index is 494. The van der Waals surface area contributed by atoms with E-state index in [1.54, 1.807) is 19.1 Å². The highest BCUT2D eigenvalue weighted by molar-refractivity contribution is 5.93. The second-order valence-corrected chi connectivity index (χ2v) is 5.37. The van der Waals surface area contributed by atoms with Crippen molar-refractivity contribution in [3.05, 3.63) is 30.3 Å². The molecule has 0 radical (unpaired) electrons. The smallest absolute Gasteiger partial charge is 0.319 e. The number of nitrogens with one attached hydrogen (secondary N) is 3. The molecule has 0 heterocycles. The minimum atomic E-state index is -0.610. The van der Waals surface area contributed by atoms with Gasteiger partial charge in [-0.15, -0.1) is 12.4 Å². The molecule has 0 aliphatic heterocycles. The highest BCUT2D eigenvalue weighted by atomic mass is 35.5. The van der Waals surface area contributed by atoms with Crippen LogP contribution in [0, 0.1) is 5.92 Å². The monoisotopic (exact) mass is 326 g/mol. The Balaban J connectivity index is 0.00000242. The van der Waals surface area contributed by atoms with Gasteiger partial charge >= 0.3 is 6.03 Å². The third-order valence-electron chi connectivity index (χ3n) is 3.55. The molecular formula is C15H23ClN4O2. The van der Waals surface area contributed by atoms with Gasteiger partial charge in [0.15, 0.2) is 0 Å². The first-order valence-corrected chi connectivity index (χ1v) is 7.23. The number of carbonyl (C=O) groups is 2. The summed E-state index contributed by atoms with van der Waals surface area (Å²) in [6.45, 7) is 2.08. The average molecular weight is 327 g/mol. The standard InChI is InChI=1S/C15H22N4O2.ClH/c1-10(14(20)19-13(9-16)11-7-8-11)17-15(21)18-12-5-3-2-4-6-12;/h2-6,10-11,13H,7-9,16H2,1H3,(H,19,20)(H2,17,18,21);1H. The fourth-order valence-corrected chi connectivity index (χ4v) is 2.13. The molecule has 122 valence electrons. The van der Waals surface area contributed by atoms with Crippen LogP contribution in [0.2, 0.25) is 0 Å². The Morgan fingerprint density at radius 2 is 1.86 bits per heavy atom. The second-order valence-electron chi connectivity index (χ2n) is 5.37. The van der Waals surface area contributed by atoms with E-state index in [4.69, 9.17) is 5.73 Å². The number of urea groups is 1. The Hall–Kier alpha value is -1.79. The fraction of sp³-hybridized carbons (Fsp3) is 0.467. The summed E-state index contributed by atoms with van der Waals surface area (Å²) < 4.78 is 0. The molecule has 6 nitrogen and oxygen atoms in total. The van der Waals surface area contributed by atoms with Crippen molar-refractivity contribution in [2.45, 2.75) is 31.8 Å². The molecule has 1 saturated carbocycles. The number of benzene rings is 1. The van der Waals surface area contributed by atoms with Gasteiger partial charge in [0.25, 0.3) is 0 Å². The predicted octanol–water partition coefficient (Wildman–Crippen LogP) is 1.47. The van der Waals surface area contributed by atoms with Crippen molar-refractivity contribution in [3.8, 4) is 0 Å². The van der Waals surface area contributed by atoms with Gasteiger partial charge < -0.3 is 21.7 Å². The van der Waals surface area contributed by atoms with Crippen molar-refractivity contribution < 1.29 is 9.59 Å². The van der Waals surface area contributed by atoms with Crippen LogP contribution in [-0.4, -0.2) is 30.6 Å². The molecule has 5 N–H and O–H groups in total. The highest BCUT2D eigenvalue weighted by Gasteiger charge is 2.32. The number of amides is 3. The Kier molecular flexibility index (Phi) is 7.14. The molecule has 0 spiro atoms. The van der Waals surface area contributed by atoms with Crippen LogP contribution in [-0.2, 0) is 4.79 Å². The molecule has 7 heteroatoms. The molecule has 1 aromatic rings. The average Bonchev–Trinajstić information content (AvgIpc) is 3.29. The summed E-state index contributed by atoms with van der Waals surface area (Å²) in [5.74, 6) is 0.282. The van der Waals surface area contributed by atoms with Crippen LogP contribution in [0.25, 0.3) is 0 Å². The van der Waals surface area contributed by atoms with E-state index >= 15 is 0 Å². The zero-order valence-corrected chi connectivity index (χ0v) is 13.4. The number of rotatable bonds is 6. The molecule has 2 atom stereocenters. The van der Waals surface area contributed by atoms with Gasteiger partial charge in [-0.3, -0.25) is 4.79 Å². The third-order valence-corrected chi connectivity index (χ3v) is 3.55. The van der Waals surface area contributed by atoms with Gasteiger partial charge in [-0.25, -0.2) is 4.79 Å². The topological polar surface area (TPSA) is 96.2 Å². The molecule has 2 unspecified atom stereocenters. The first kappa shape index (κ1) is 18.3. The van der Waals surface area contributed by atoms with Crippen molar-refractivity contribution in [3.63, 3.8) is 0 Å². The number of halogens is 1. The van der Waals surface area contributed by atoms with E-state index in [9.17, 15) is 9.59 Å². The quantitative estimate of drug-likeness (QED) is 0.637. The lowest BCUT2D eigenvalue weighted by molar-refractivity contribution is -0.123. The minimum Gasteiger partial charge on any atom is -0.350 e. The molecule has 1 fully saturated rings. The summed E-state index contributed by atoms with van der Waals surface area (Å²) in [4.78, 5) is 23.8. The Labute approximate surface area is 136 Å². The molecule has 22 heavy (non-hydrogen) atoms. The molecule has 3 amide bonds. The van der Waals surface area contributed by atoms with Gasteiger partial charge in [0.1, 0.15) is 6.04 Å². The summed E-state index contributed by atoms with van der Waals surface area (Å²) in [7, 11) is 0.